The maximum atomic E-state index is 13.3. The summed E-state index contributed by atoms with van der Waals surface area (Å²) in [5.41, 5.74) is 2.39. The zero-order valence-corrected chi connectivity index (χ0v) is 16.1. The first kappa shape index (κ1) is 19.8. The number of phenolic OH excluding ortho intramolecular Hbond substituents is 1. The predicted octanol–water partition coefficient (Wildman–Crippen LogP) is 5.33. The number of para-hydroxylation sites is 1. The van der Waals surface area contributed by atoms with Crippen LogP contribution in [0.3, 0.4) is 0 Å². The van der Waals surface area contributed by atoms with E-state index in [9.17, 15) is 18.3 Å². The average molecular weight is 412 g/mol. The molecule has 0 bridgehead atoms. The summed E-state index contributed by atoms with van der Waals surface area (Å²) in [4.78, 5) is 10.1. The van der Waals surface area contributed by atoms with Crippen LogP contribution in [0, 0.1) is 6.92 Å². The Balaban J connectivity index is 1.73. The Morgan fingerprint density at radius 2 is 2.00 bits per heavy atom. The van der Waals surface area contributed by atoms with Crippen molar-refractivity contribution in [3.05, 3.63) is 83.3 Å². The van der Waals surface area contributed by atoms with Crippen LogP contribution in [0.2, 0.25) is 0 Å². The summed E-state index contributed by atoms with van der Waals surface area (Å²) in [5.74, 6) is 0.341. The van der Waals surface area contributed by atoms with Gasteiger partial charge in [-0.25, -0.2) is 9.97 Å². The van der Waals surface area contributed by atoms with Gasteiger partial charge in [-0.2, -0.15) is 13.2 Å². The lowest BCUT2D eigenvalue weighted by Crippen LogP contribution is -2.21. The first-order chi connectivity index (χ1) is 14.3. The summed E-state index contributed by atoms with van der Waals surface area (Å²) in [5, 5.41) is 13.2. The van der Waals surface area contributed by atoms with Gasteiger partial charge in [-0.3, -0.25) is 0 Å². The van der Waals surface area contributed by atoms with Crippen molar-refractivity contribution in [2.24, 2.45) is 0 Å². The number of phenols is 1. The Hall–Kier alpha value is -3.55. The van der Waals surface area contributed by atoms with Crippen LogP contribution in [0.5, 0.6) is 5.75 Å². The Bertz CT molecular complexity index is 1110. The summed E-state index contributed by atoms with van der Waals surface area (Å²) in [6.45, 7) is 2.03. The van der Waals surface area contributed by atoms with Crippen molar-refractivity contribution in [1.29, 1.82) is 0 Å². The number of fused-ring (bicyclic) bond motifs is 1. The van der Waals surface area contributed by atoms with Gasteiger partial charge in [0.1, 0.15) is 5.75 Å². The molecule has 0 atom stereocenters. The zero-order chi connectivity index (χ0) is 21.3. The molecule has 1 aliphatic rings. The number of allylic oxidation sites excluding steroid dienone is 1. The molecular formula is C22H19F3N4O. The number of benzene rings is 2. The fourth-order valence-corrected chi connectivity index (χ4v) is 3.41. The molecule has 4 rings (SSSR count). The number of nitrogens with zero attached hydrogens (tertiary/aromatic N) is 3. The number of anilines is 3. The van der Waals surface area contributed by atoms with E-state index >= 15 is 0 Å². The van der Waals surface area contributed by atoms with E-state index in [-0.39, 0.29) is 23.9 Å². The fraction of sp³-hybridized carbons (Fsp3) is 0.182. The topological polar surface area (TPSA) is 61.3 Å². The highest BCUT2D eigenvalue weighted by Gasteiger charge is 2.31. The fourth-order valence-electron chi connectivity index (χ4n) is 3.41. The minimum atomic E-state index is -4.47. The van der Waals surface area contributed by atoms with Gasteiger partial charge in [0.2, 0.25) is 5.95 Å². The van der Waals surface area contributed by atoms with Gasteiger partial charge in [-0.1, -0.05) is 24.3 Å². The third-order valence-corrected chi connectivity index (χ3v) is 4.83. The highest BCUT2D eigenvalue weighted by Crippen LogP contribution is 2.38. The maximum absolute atomic E-state index is 13.3. The van der Waals surface area contributed by atoms with Gasteiger partial charge in [0, 0.05) is 30.3 Å². The smallest absolute Gasteiger partial charge is 0.416 e. The van der Waals surface area contributed by atoms with Crippen LogP contribution in [0.25, 0.3) is 0 Å². The van der Waals surface area contributed by atoms with Crippen molar-refractivity contribution in [3.8, 4) is 5.75 Å². The number of hydrogen-bond donors (Lipinski definition) is 2. The molecule has 8 heteroatoms. The minimum Gasteiger partial charge on any atom is -0.506 e. The number of nitrogens with one attached hydrogen (secondary N) is 1. The van der Waals surface area contributed by atoms with Crippen molar-refractivity contribution < 1.29 is 18.3 Å². The maximum Gasteiger partial charge on any atom is 0.416 e. The molecule has 0 unspecified atom stereocenters. The van der Waals surface area contributed by atoms with Crippen LogP contribution in [0.15, 0.2) is 60.9 Å². The molecule has 0 spiro atoms. The molecule has 2 aromatic carbocycles. The second-order valence-electron chi connectivity index (χ2n) is 7.02. The molecular weight excluding hydrogens is 393 g/mol. The van der Waals surface area contributed by atoms with Gasteiger partial charge in [0.25, 0.3) is 0 Å². The van der Waals surface area contributed by atoms with E-state index in [2.05, 4.69) is 15.3 Å². The molecule has 3 aromatic rings. The summed E-state index contributed by atoms with van der Waals surface area (Å²) >= 11 is 0. The van der Waals surface area contributed by atoms with Crippen LogP contribution in [0.1, 0.15) is 22.4 Å². The normalized spacial score (nSPS) is 13.3. The lowest BCUT2D eigenvalue weighted by atomic mass is 10.0. The molecule has 2 N–H and O–H groups in total. The molecule has 5 nitrogen and oxygen atoms in total. The Morgan fingerprint density at radius 1 is 1.17 bits per heavy atom. The van der Waals surface area contributed by atoms with E-state index in [1.165, 1.54) is 6.07 Å². The Morgan fingerprint density at radius 3 is 2.77 bits per heavy atom. The second kappa shape index (κ2) is 7.70. The van der Waals surface area contributed by atoms with Gasteiger partial charge >= 0.3 is 6.18 Å². The van der Waals surface area contributed by atoms with Crippen molar-refractivity contribution in [2.75, 3.05) is 10.2 Å². The number of aromatic hydroxyl groups is 1. The molecule has 2 heterocycles. The Kier molecular flexibility index (Phi) is 5.07. The first-order valence-electron chi connectivity index (χ1n) is 9.32. The molecule has 30 heavy (non-hydrogen) atoms. The molecule has 0 radical (unpaired) electrons. The number of alkyl halides is 3. The highest BCUT2D eigenvalue weighted by molar-refractivity contribution is 5.69. The van der Waals surface area contributed by atoms with Crippen LogP contribution in [-0.4, -0.2) is 15.1 Å². The number of hydrogen-bond acceptors (Lipinski definition) is 5. The lowest BCUT2D eigenvalue weighted by Gasteiger charge is -2.28. The summed E-state index contributed by atoms with van der Waals surface area (Å²) in [6.07, 6.45) is 1.52. The van der Waals surface area contributed by atoms with Crippen molar-refractivity contribution in [3.63, 3.8) is 0 Å². The number of aryl methyl sites for hydroxylation is 1. The molecule has 1 aromatic heterocycles. The van der Waals surface area contributed by atoms with Crippen molar-refractivity contribution in [2.45, 2.75) is 26.1 Å². The molecule has 0 amide bonds. The first-order valence-corrected chi connectivity index (χ1v) is 9.32. The van der Waals surface area contributed by atoms with Crippen molar-refractivity contribution >= 4 is 17.3 Å². The van der Waals surface area contributed by atoms with Gasteiger partial charge in [0.05, 0.1) is 11.3 Å². The average Bonchev–Trinajstić information content (AvgIpc) is 2.69. The molecule has 0 fully saturated rings. The number of aromatic nitrogens is 2. The lowest BCUT2D eigenvalue weighted by molar-refractivity contribution is -0.137. The third-order valence-electron chi connectivity index (χ3n) is 4.83. The zero-order valence-electron chi connectivity index (χ0n) is 16.1. The van der Waals surface area contributed by atoms with Crippen LogP contribution in [0.4, 0.5) is 30.5 Å². The van der Waals surface area contributed by atoms with Crippen molar-refractivity contribution in [1.82, 2.24) is 9.97 Å². The molecule has 0 saturated heterocycles. The van der Waals surface area contributed by atoms with Crippen LogP contribution >= 0.6 is 0 Å². The highest BCUT2D eigenvalue weighted by atomic mass is 19.4. The van der Waals surface area contributed by atoms with Crippen LogP contribution in [-0.2, 0) is 19.1 Å². The van der Waals surface area contributed by atoms with Gasteiger partial charge in [-0.15, -0.1) is 0 Å². The summed E-state index contributed by atoms with van der Waals surface area (Å²) in [6, 6.07) is 10.5. The van der Waals surface area contributed by atoms with E-state index in [4.69, 9.17) is 0 Å². The minimum absolute atomic E-state index is 0.125. The Labute approximate surface area is 171 Å². The molecule has 0 saturated carbocycles. The van der Waals surface area contributed by atoms with Gasteiger partial charge in [-0.05, 0) is 48.7 Å². The second-order valence-corrected chi connectivity index (χ2v) is 7.02. The summed E-state index contributed by atoms with van der Waals surface area (Å²) < 4.78 is 39.9. The predicted molar refractivity (Wildman–Crippen MR) is 109 cm³/mol. The monoisotopic (exact) mass is 412 g/mol. The standard InChI is InChI=1S/C22H19F3N4O/c1-14-9-10-26-21(27-14)28-18-12-17(22(23,24)25)8-7-16(18)13-29-11-3-5-15-4-2-6-19(30)20(15)29/h2-4,6-12,30H,5,13H2,1H3,(H,26,27,28). The SMILES string of the molecule is Cc1ccnc(Nc2cc(C(F)(F)F)ccc2CN2C=CCc3cccc(O)c32)n1. The molecule has 154 valence electrons. The molecule has 1 aliphatic heterocycles. The van der Waals surface area contributed by atoms with Crippen LogP contribution < -0.4 is 10.2 Å². The quantitative estimate of drug-likeness (QED) is 0.607. The van der Waals surface area contributed by atoms with E-state index in [0.29, 0.717) is 23.4 Å². The number of rotatable bonds is 4. The van der Waals surface area contributed by atoms with Gasteiger partial charge in [0.15, 0.2) is 0 Å². The number of halogens is 3. The van der Waals surface area contributed by atoms with E-state index in [1.807, 2.05) is 23.2 Å². The van der Waals surface area contributed by atoms with E-state index in [1.54, 1.807) is 31.3 Å². The van der Waals surface area contributed by atoms with E-state index in [0.717, 1.165) is 17.7 Å². The summed E-state index contributed by atoms with van der Waals surface area (Å²) in [7, 11) is 0. The van der Waals surface area contributed by atoms with Gasteiger partial charge < -0.3 is 15.3 Å². The molecule has 0 aliphatic carbocycles. The third kappa shape index (κ3) is 4.07. The largest absolute Gasteiger partial charge is 0.506 e. The van der Waals surface area contributed by atoms with E-state index < -0.39 is 11.7 Å².